The highest BCUT2D eigenvalue weighted by Crippen LogP contribution is 2.16. The number of hydrogen-bond acceptors (Lipinski definition) is 3. The number of rotatable bonds is 1. The van der Waals surface area contributed by atoms with Crippen LogP contribution in [-0.4, -0.2) is 29.2 Å². The minimum atomic E-state index is -0.643. The van der Waals surface area contributed by atoms with Gasteiger partial charge in [-0.15, -0.1) is 0 Å². The second kappa shape index (κ2) is 7.53. The average molecular weight is 176 g/mol. The summed E-state index contributed by atoms with van der Waals surface area (Å²) in [6.07, 6.45) is 3.00. The Labute approximate surface area is 74.4 Å². The van der Waals surface area contributed by atoms with Crippen LogP contribution < -0.4 is 0 Å². The molecule has 2 atom stereocenters. The van der Waals surface area contributed by atoms with Crippen LogP contribution in [0.15, 0.2) is 0 Å². The summed E-state index contributed by atoms with van der Waals surface area (Å²) in [5.41, 5.74) is 0. The molecule has 1 aliphatic rings. The largest absolute Gasteiger partial charge is 0.394 e. The van der Waals surface area contributed by atoms with Gasteiger partial charge in [-0.3, -0.25) is 0 Å². The molecule has 3 nitrogen and oxygen atoms in total. The molecule has 2 N–H and O–H groups in total. The number of hydrogen-bond donors (Lipinski definition) is 2. The molecule has 2 unspecified atom stereocenters. The minimum Gasteiger partial charge on any atom is -0.394 e. The lowest BCUT2D eigenvalue weighted by molar-refractivity contribution is -0.172. The SMILES string of the molecule is CCC.OCC1CCCC(O)O1. The van der Waals surface area contributed by atoms with Gasteiger partial charge < -0.3 is 14.9 Å². The Hall–Kier alpha value is -0.120. The molecular weight excluding hydrogens is 156 g/mol. The third-order valence-electron chi connectivity index (χ3n) is 1.53. The Morgan fingerprint density at radius 3 is 2.25 bits per heavy atom. The summed E-state index contributed by atoms with van der Waals surface area (Å²) in [5, 5.41) is 17.5. The highest BCUT2D eigenvalue weighted by Gasteiger charge is 2.18. The number of aliphatic hydroxyl groups excluding tert-OH is 2. The molecule has 12 heavy (non-hydrogen) atoms. The maximum absolute atomic E-state index is 8.88. The molecule has 0 aromatic rings. The molecule has 1 aliphatic heterocycles. The Morgan fingerprint density at radius 2 is 1.92 bits per heavy atom. The summed E-state index contributed by atoms with van der Waals surface area (Å²) in [7, 11) is 0. The van der Waals surface area contributed by atoms with E-state index in [1.54, 1.807) is 0 Å². The molecule has 0 amide bonds. The van der Waals surface area contributed by atoms with E-state index in [0.29, 0.717) is 6.42 Å². The van der Waals surface area contributed by atoms with E-state index in [2.05, 4.69) is 13.8 Å². The summed E-state index contributed by atoms with van der Waals surface area (Å²) in [6, 6.07) is 0. The summed E-state index contributed by atoms with van der Waals surface area (Å²) in [5.74, 6) is 0. The molecule has 1 fully saturated rings. The van der Waals surface area contributed by atoms with Crippen LogP contribution in [0.1, 0.15) is 39.5 Å². The summed E-state index contributed by atoms with van der Waals surface area (Å²) >= 11 is 0. The molecule has 0 radical (unpaired) electrons. The van der Waals surface area contributed by atoms with Gasteiger partial charge in [0.2, 0.25) is 0 Å². The second-order valence-corrected chi connectivity index (χ2v) is 3.03. The number of aliphatic hydroxyl groups is 2. The zero-order valence-electron chi connectivity index (χ0n) is 7.99. The smallest absolute Gasteiger partial charge is 0.155 e. The molecular formula is C9H20O3. The van der Waals surface area contributed by atoms with Crippen LogP contribution >= 0.6 is 0 Å². The van der Waals surface area contributed by atoms with E-state index in [1.165, 1.54) is 6.42 Å². The van der Waals surface area contributed by atoms with Gasteiger partial charge in [0.05, 0.1) is 12.7 Å². The molecule has 0 aromatic carbocycles. The third-order valence-corrected chi connectivity index (χ3v) is 1.53. The summed E-state index contributed by atoms with van der Waals surface area (Å²) in [4.78, 5) is 0. The van der Waals surface area contributed by atoms with Crippen molar-refractivity contribution in [2.75, 3.05) is 6.61 Å². The van der Waals surface area contributed by atoms with Gasteiger partial charge in [0.15, 0.2) is 6.29 Å². The van der Waals surface area contributed by atoms with E-state index in [-0.39, 0.29) is 12.7 Å². The molecule has 3 heteroatoms. The molecule has 1 rings (SSSR count). The van der Waals surface area contributed by atoms with Crippen molar-refractivity contribution in [1.82, 2.24) is 0 Å². The third kappa shape index (κ3) is 5.52. The monoisotopic (exact) mass is 176 g/mol. The van der Waals surface area contributed by atoms with Crippen LogP contribution in [0.2, 0.25) is 0 Å². The minimum absolute atomic E-state index is 0.0249. The molecule has 1 heterocycles. The first-order valence-electron chi connectivity index (χ1n) is 4.68. The van der Waals surface area contributed by atoms with E-state index < -0.39 is 6.29 Å². The van der Waals surface area contributed by atoms with Gasteiger partial charge in [-0.1, -0.05) is 20.3 Å². The molecule has 1 saturated heterocycles. The van der Waals surface area contributed by atoms with Gasteiger partial charge in [0.25, 0.3) is 0 Å². The van der Waals surface area contributed by atoms with Crippen LogP contribution in [-0.2, 0) is 4.74 Å². The highest BCUT2D eigenvalue weighted by atomic mass is 16.6. The van der Waals surface area contributed by atoms with Crippen LogP contribution in [0.5, 0.6) is 0 Å². The highest BCUT2D eigenvalue weighted by molar-refractivity contribution is 4.63. The van der Waals surface area contributed by atoms with Crippen LogP contribution in [0, 0.1) is 0 Å². The van der Waals surface area contributed by atoms with Gasteiger partial charge in [-0.05, 0) is 19.3 Å². The fraction of sp³-hybridized carbons (Fsp3) is 1.00. The molecule has 0 spiro atoms. The second-order valence-electron chi connectivity index (χ2n) is 3.03. The topological polar surface area (TPSA) is 49.7 Å². The predicted molar refractivity (Wildman–Crippen MR) is 47.8 cm³/mol. The lowest BCUT2D eigenvalue weighted by atomic mass is 10.1. The standard InChI is InChI=1S/C6H12O3.C3H8/c7-4-5-2-1-3-6(8)9-5;1-3-2/h5-8H,1-4H2;3H2,1-2H3. The van der Waals surface area contributed by atoms with Gasteiger partial charge >= 0.3 is 0 Å². The van der Waals surface area contributed by atoms with Crippen LogP contribution in [0.4, 0.5) is 0 Å². The van der Waals surface area contributed by atoms with Crippen molar-refractivity contribution in [1.29, 1.82) is 0 Å². The maximum Gasteiger partial charge on any atom is 0.155 e. The molecule has 0 bridgehead atoms. The average Bonchev–Trinajstić information content (AvgIpc) is 2.06. The van der Waals surface area contributed by atoms with Gasteiger partial charge in [0.1, 0.15) is 0 Å². The van der Waals surface area contributed by atoms with Crippen molar-refractivity contribution in [2.24, 2.45) is 0 Å². The Morgan fingerprint density at radius 1 is 1.33 bits per heavy atom. The lowest BCUT2D eigenvalue weighted by Gasteiger charge is -2.24. The van der Waals surface area contributed by atoms with Crippen molar-refractivity contribution in [2.45, 2.75) is 51.9 Å². The Balaban J connectivity index is 0.000000354. The quantitative estimate of drug-likeness (QED) is 0.633. The summed E-state index contributed by atoms with van der Waals surface area (Å²) < 4.78 is 4.94. The van der Waals surface area contributed by atoms with Crippen molar-refractivity contribution in [3.05, 3.63) is 0 Å². The first kappa shape index (κ1) is 11.9. The van der Waals surface area contributed by atoms with Gasteiger partial charge in [0, 0.05) is 0 Å². The van der Waals surface area contributed by atoms with Crippen molar-refractivity contribution >= 4 is 0 Å². The van der Waals surface area contributed by atoms with E-state index in [0.717, 1.165) is 12.8 Å². The zero-order valence-corrected chi connectivity index (χ0v) is 7.99. The lowest BCUT2D eigenvalue weighted by Crippen LogP contribution is -2.29. The van der Waals surface area contributed by atoms with Crippen molar-refractivity contribution < 1.29 is 14.9 Å². The molecule has 0 saturated carbocycles. The zero-order chi connectivity index (χ0) is 9.40. The first-order valence-corrected chi connectivity index (χ1v) is 4.68. The predicted octanol–water partition coefficient (Wildman–Crippen LogP) is 1.28. The molecule has 0 aromatic heterocycles. The Bertz CT molecular complexity index is 95.8. The van der Waals surface area contributed by atoms with E-state index in [9.17, 15) is 0 Å². The molecule has 74 valence electrons. The van der Waals surface area contributed by atoms with E-state index in [4.69, 9.17) is 14.9 Å². The normalized spacial score (nSPS) is 29.0. The first-order chi connectivity index (χ1) is 5.74. The van der Waals surface area contributed by atoms with Crippen LogP contribution in [0.3, 0.4) is 0 Å². The Kier molecular flexibility index (Phi) is 7.45. The fourth-order valence-corrected chi connectivity index (χ4v) is 1.01. The van der Waals surface area contributed by atoms with Gasteiger partial charge in [-0.2, -0.15) is 0 Å². The van der Waals surface area contributed by atoms with E-state index in [1.807, 2.05) is 0 Å². The molecule has 0 aliphatic carbocycles. The van der Waals surface area contributed by atoms with Gasteiger partial charge in [-0.25, -0.2) is 0 Å². The van der Waals surface area contributed by atoms with E-state index >= 15 is 0 Å². The van der Waals surface area contributed by atoms with Crippen molar-refractivity contribution in [3.8, 4) is 0 Å². The summed E-state index contributed by atoms with van der Waals surface area (Å²) in [6.45, 7) is 4.27. The maximum atomic E-state index is 8.88. The van der Waals surface area contributed by atoms with Crippen molar-refractivity contribution in [3.63, 3.8) is 0 Å². The number of ether oxygens (including phenoxy) is 1. The fourth-order valence-electron chi connectivity index (χ4n) is 1.01. The van der Waals surface area contributed by atoms with Crippen LogP contribution in [0.25, 0.3) is 0 Å².